The van der Waals surface area contributed by atoms with E-state index in [-0.39, 0.29) is 11.1 Å². The lowest BCUT2D eigenvalue weighted by molar-refractivity contribution is -0.115. The lowest BCUT2D eigenvalue weighted by Gasteiger charge is -2.21. The smallest absolute Gasteiger partial charge is 0.290 e. The summed E-state index contributed by atoms with van der Waals surface area (Å²) in [4.78, 5) is 23.3. The zero-order chi connectivity index (χ0) is 18.4. The van der Waals surface area contributed by atoms with Crippen LogP contribution in [-0.2, 0) is 4.79 Å². The number of hydrogen-bond acceptors (Lipinski definition) is 5. The van der Waals surface area contributed by atoms with Crippen molar-refractivity contribution in [2.75, 3.05) is 13.2 Å². The van der Waals surface area contributed by atoms with E-state index >= 15 is 0 Å². The first-order chi connectivity index (χ1) is 12.7. The van der Waals surface area contributed by atoms with Gasteiger partial charge in [0.1, 0.15) is 0 Å². The molecule has 1 saturated carbocycles. The van der Waals surface area contributed by atoms with Crippen LogP contribution in [0.5, 0.6) is 11.5 Å². The minimum Gasteiger partial charge on any atom is -0.490 e. The van der Waals surface area contributed by atoms with E-state index in [2.05, 4.69) is 5.32 Å². The molecule has 2 fully saturated rings. The summed E-state index contributed by atoms with van der Waals surface area (Å²) in [7, 11) is 0. The number of amides is 2. The third-order valence-electron chi connectivity index (χ3n) is 4.72. The Kier molecular flexibility index (Phi) is 6.61. The van der Waals surface area contributed by atoms with Crippen LogP contribution in [-0.4, -0.2) is 24.4 Å². The number of carbonyl (C=O) groups is 2. The van der Waals surface area contributed by atoms with Gasteiger partial charge in [0.2, 0.25) is 0 Å². The van der Waals surface area contributed by atoms with Gasteiger partial charge in [-0.05, 0) is 54.8 Å². The molecule has 0 atom stereocenters. The minimum atomic E-state index is -0.356. The second-order valence-electron chi connectivity index (χ2n) is 6.63. The Morgan fingerprint density at radius 1 is 1.15 bits per heavy atom. The number of thioether (sulfide) groups is 1. The fourth-order valence-corrected chi connectivity index (χ4v) is 4.07. The molecule has 6 heteroatoms. The van der Waals surface area contributed by atoms with E-state index in [1.165, 1.54) is 32.1 Å². The molecule has 3 rings (SSSR count). The van der Waals surface area contributed by atoms with Crippen molar-refractivity contribution in [3.05, 3.63) is 28.7 Å². The Labute approximate surface area is 158 Å². The number of rotatable bonds is 7. The van der Waals surface area contributed by atoms with Gasteiger partial charge >= 0.3 is 0 Å². The Morgan fingerprint density at radius 3 is 2.65 bits per heavy atom. The van der Waals surface area contributed by atoms with Gasteiger partial charge in [-0.2, -0.15) is 0 Å². The third kappa shape index (κ3) is 5.04. The van der Waals surface area contributed by atoms with Crippen LogP contribution in [0.15, 0.2) is 23.1 Å². The highest BCUT2D eigenvalue weighted by molar-refractivity contribution is 8.18. The van der Waals surface area contributed by atoms with Gasteiger partial charge in [0, 0.05) is 0 Å². The second-order valence-corrected chi connectivity index (χ2v) is 7.65. The molecule has 0 radical (unpaired) electrons. The van der Waals surface area contributed by atoms with Gasteiger partial charge in [0.05, 0.1) is 18.1 Å². The molecule has 0 aromatic heterocycles. The average molecular weight is 375 g/mol. The molecule has 1 N–H and O–H groups in total. The predicted octanol–water partition coefficient (Wildman–Crippen LogP) is 4.76. The normalized spacial score (nSPS) is 19.7. The van der Waals surface area contributed by atoms with E-state index in [0.29, 0.717) is 23.9 Å². The zero-order valence-electron chi connectivity index (χ0n) is 15.1. The number of nitrogens with one attached hydrogen (secondary N) is 1. The monoisotopic (exact) mass is 375 g/mol. The van der Waals surface area contributed by atoms with Crippen LogP contribution < -0.4 is 14.8 Å². The highest BCUT2D eigenvalue weighted by Gasteiger charge is 2.25. The van der Waals surface area contributed by atoms with Gasteiger partial charge in [-0.1, -0.05) is 38.2 Å². The lowest BCUT2D eigenvalue weighted by Crippen LogP contribution is -2.17. The number of benzene rings is 1. The van der Waals surface area contributed by atoms with Crippen molar-refractivity contribution in [2.24, 2.45) is 5.92 Å². The third-order valence-corrected chi connectivity index (χ3v) is 5.53. The van der Waals surface area contributed by atoms with Gasteiger partial charge < -0.3 is 9.47 Å². The summed E-state index contributed by atoms with van der Waals surface area (Å²) in [5.74, 6) is 1.81. The summed E-state index contributed by atoms with van der Waals surface area (Å²) >= 11 is 0.911. The van der Waals surface area contributed by atoms with Gasteiger partial charge in [-0.25, -0.2) is 0 Å². The van der Waals surface area contributed by atoms with Crippen LogP contribution in [0.25, 0.3) is 6.08 Å². The van der Waals surface area contributed by atoms with Crippen molar-refractivity contribution in [1.29, 1.82) is 0 Å². The Balaban J connectivity index is 1.65. The zero-order valence-corrected chi connectivity index (χ0v) is 15.9. The van der Waals surface area contributed by atoms with Crippen molar-refractivity contribution in [3.8, 4) is 11.5 Å². The second kappa shape index (κ2) is 9.12. The quantitative estimate of drug-likeness (QED) is 0.696. The first kappa shape index (κ1) is 18.8. The largest absolute Gasteiger partial charge is 0.490 e. The predicted molar refractivity (Wildman–Crippen MR) is 103 cm³/mol. The Bertz CT molecular complexity index is 695. The highest BCUT2D eigenvalue weighted by atomic mass is 32.2. The molecule has 1 aromatic carbocycles. The molecule has 140 valence electrons. The standard InChI is InChI=1S/C20H25NO4S/c1-2-24-17-12-15(13-18-19(22)21-20(23)26-18)8-9-16(17)25-11-10-14-6-4-3-5-7-14/h8-9,12-14H,2-7,10-11H2,1H3,(H,21,22,23)/b18-13-. The van der Waals surface area contributed by atoms with E-state index in [0.717, 1.165) is 35.4 Å². The van der Waals surface area contributed by atoms with Gasteiger partial charge in [0.25, 0.3) is 11.1 Å². The van der Waals surface area contributed by atoms with Crippen LogP contribution in [0.3, 0.4) is 0 Å². The first-order valence-electron chi connectivity index (χ1n) is 9.30. The van der Waals surface area contributed by atoms with Crippen LogP contribution in [0, 0.1) is 5.92 Å². The molecule has 0 unspecified atom stereocenters. The van der Waals surface area contributed by atoms with Gasteiger partial charge in [-0.15, -0.1) is 0 Å². The molecule has 26 heavy (non-hydrogen) atoms. The molecule has 0 spiro atoms. The fraction of sp³-hybridized carbons (Fsp3) is 0.500. The van der Waals surface area contributed by atoms with Crippen molar-refractivity contribution >= 4 is 29.0 Å². The van der Waals surface area contributed by atoms with Crippen LogP contribution >= 0.6 is 11.8 Å². The van der Waals surface area contributed by atoms with E-state index in [1.807, 2.05) is 25.1 Å². The summed E-state index contributed by atoms with van der Waals surface area (Å²) in [6, 6.07) is 5.60. The molecule has 0 bridgehead atoms. The summed E-state index contributed by atoms with van der Waals surface area (Å²) in [6.07, 6.45) is 9.44. The number of carbonyl (C=O) groups excluding carboxylic acids is 2. The minimum absolute atomic E-state index is 0.339. The maximum Gasteiger partial charge on any atom is 0.290 e. The summed E-state index contributed by atoms with van der Waals surface area (Å²) in [5, 5.41) is 1.92. The molecule has 1 heterocycles. The molecule has 1 saturated heterocycles. The van der Waals surface area contributed by atoms with Crippen molar-refractivity contribution in [2.45, 2.75) is 45.4 Å². The molecular weight excluding hydrogens is 350 g/mol. The van der Waals surface area contributed by atoms with Crippen LogP contribution in [0.4, 0.5) is 4.79 Å². The molecule has 2 aliphatic rings. The van der Waals surface area contributed by atoms with Crippen molar-refractivity contribution < 1.29 is 19.1 Å². The average Bonchev–Trinajstić information content (AvgIpc) is 2.95. The Morgan fingerprint density at radius 2 is 1.96 bits per heavy atom. The van der Waals surface area contributed by atoms with E-state index in [9.17, 15) is 9.59 Å². The Hall–Kier alpha value is -1.95. The van der Waals surface area contributed by atoms with Gasteiger partial charge in [0.15, 0.2) is 11.5 Å². The summed E-state index contributed by atoms with van der Waals surface area (Å²) < 4.78 is 11.7. The fourth-order valence-electron chi connectivity index (χ4n) is 3.39. The van der Waals surface area contributed by atoms with E-state index in [1.54, 1.807) is 6.08 Å². The maximum absolute atomic E-state index is 11.7. The molecule has 1 aliphatic carbocycles. The number of ether oxygens (including phenoxy) is 2. The maximum atomic E-state index is 11.7. The van der Waals surface area contributed by atoms with Crippen molar-refractivity contribution in [3.63, 3.8) is 0 Å². The molecule has 1 aliphatic heterocycles. The molecule has 1 aromatic rings. The van der Waals surface area contributed by atoms with Crippen molar-refractivity contribution in [1.82, 2.24) is 5.32 Å². The topological polar surface area (TPSA) is 64.6 Å². The highest BCUT2D eigenvalue weighted by Crippen LogP contribution is 2.33. The van der Waals surface area contributed by atoms with Crippen LogP contribution in [0.2, 0.25) is 0 Å². The first-order valence-corrected chi connectivity index (χ1v) is 10.1. The SMILES string of the molecule is CCOc1cc(/C=C2\SC(=O)NC2=O)ccc1OCCC1CCCCC1. The number of hydrogen-bond donors (Lipinski definition) is 1. The summed E-state index contributed by atoms with van der Waals surface area (Å²) in [6.45, 7) is 3.15. The molecular formula is C20H25NO4S. The summed E-state index contributed by atoms with van der Waals surface area (Å²) in [5.41, 5.74) is 0.806. The molecule has 2 amide bonds. The van der Waals surface area contributed by atoms with E-state index < -0.39 is 0 Å². The molecule has 5 nitrogen and oxygen atoms in total. The van der Waals surface area contributed by atoms with Gasteiger partial charge in [-0.3, -0.25) is 14.9 Å². The van der Waals surface area contributed by atoms with E-state index in [4.69, 9.17) is 9.47 Å². The lowest BCUT2D eigenvalue weighted by atomic mass is 9.87. The number of imide groups is 1. The van der Waals surface area contributed by atoms with Crippen LogP contribution in [0.1, 0.15) is 51.0 Å².